The number of benzene rings is 1. The van der Waals surface area contributed by atoms with Crippen LogP contribution in [0.5, 0.6) is 0 Å². The van der Waals surface area contributed by atoms with Crippen LogP contribution in [-0.2, 0) is 30.4 Å². The SMILES string of the molecule is CC(O)C(NC(=O)C(CCC(N)=O)NC(=O)C(Cc1ccccc1)NC(=O)CN)C(=O)O. The first-order valence-electron chi connectivity index (χ1n) is 9.88. The van der Waals surface area contributed by atoms with Crippen LogP contribution < -0.4 is 27.4 Å². The number of hydrogen-bond donors (Lipinski definition) is 7. The monoisotopic (exact) mass is 451 g/mol. The molecular weight excluding hydrogens is 422 g/mol. The Morgan fingerprint density at radius 1 is 0.969 bits per heavy atom. The van der Waals surface area contributed by atoms with Crippen LogP contribution in [-0.4, -0.2) is 70.6 Å². The highest BCUT2D eigenvalue weighted by atomic mass is 16.4. The normalized spacial score (nSPS) is 14.3. The van der Waals surface area contributed by atoms with Crippen molar-refractivity contribution in [2.75, 3.05) is 6.54 Å². The molecule has 32 heavy (non-hydrogen) atoms. The summed E-state index contributed by atoms with van der Waals surface area (Å²) in [7, 11) is 0. The predicted molar refractivity (Wildman–Crippen MR) is 113 cm³/mol. The molecule has 1 aromatic carbocycles. The summed E-state index contributed by atoms with van der Waals surface area (Å²) in [4.78, 5) is 59.7. The van der Waals surface area contributed by atoms with Crippen molar-refractivity contribution in [3.05, 3.63) is 35.9 Å². The average molecular weight is 451 g/mol. The van der Waals surface area contributed by atoms with Crippen molar-refractivity contribution in [3.63, 3.8) is 0 Å². The Morgan fingerprint density at radius 3 is 2.06 bits per heavy atom. The molecule has 0 heterocycles. The predicted octanol–water partition coefficient (Wildman–Crippen LogP) is -2.63. The van der Waals surface area contributed by atoms with Crippen molar-refractivity contribution in [2.45, 2.75) is 50.4 Å². The van der Waals surface area contributed by atoms with Crippen LogP contribution in [0.1, 0.15) is 25.3 Å². The van der Waals surface area contributed by atoms with Gasteiger partial charge in [0.25, 0.3) is 0 Å². The molecule has 4 atom stereocenters. The van der Waals surface area contributed by atoms with Gasteiger partial charge in [0.15, 0.2) is 6.04 Å². The highest BCUT2D eigenvalue weighted by molar-refractivity contribution is 5.94. The van der Waals surface area contributed by atoms with Crippen LogP contribution in [0.15, 0.2) is 30.3 Å². The second kappa shape index (κ2) is 13.0. The standard InChI is InChI=1S/C20H29N5O7/c1-11(26)17(20(31)32)25-18(29)13(7-8-15(22)27)24-19(30)14(23-16(28)10-21)9-12-5-3-2-4-6-12/h2-6,11,13-14,17,26H,7-10,21H2,1H3,(H2,22,27)(H,23,28)(H,24,30)(H,25,29)(H,31,32). The second-order valence-electron chi connectivity index (χ2n) is 7.15. The van der Waals surface area contributed by atoms with Crippen molar-refractivity contribution in [2.24, 2.45) is 11.5 Å². The van der Waals surface area contributed by atoms with Gasteiger partial charge in [0.1, 0.15) is 12.1 Å². The molecule has 1 rings (SSSR count). The number of carboxylic acid groups (broad SMARTS) is 1. The van der Waals surface area contributed by atoms with E-state index in [2.05, 4.69) is 16.0 Å². The number of aliphatic hydroxyl groups excluding tert-OH is 1. The van der Waals surface area contributed by atoms with Crippen molar-refractivity contribution in [1.82, 2.24) is 16.0 Å². The van der Waals surface area contributed by atoms with E-state index in [-0.39, 0.29) is 25.8 Å². The van der Waals surface area contributed by atoms with Gasteiger partial charge in [-0.25, -0.2) is 4.79 Å². The van der Waals surface area contributed by atoms with Crippen molar-refractivity contribution >= 4 is 29.6 Å². The lowest BCUT2D eigenvalue weighted by Gasteiger charge is -2.25. The van der Waals surface area contributed by atoms with Crippen molar-refractivity contribution in [3.8, 4) is 0 Å². The summed E-state index contributed by atoms with van der Waals surface area (Å²) in [5.41, 5.74) is 11.2. The molecule has 4 amide bonds. The number of rotatable bonds is 13. The Bertz CT molecular complexity index is 816. The second-order valence-corrected chi connectivity index (χ2v) is 7.15. The van der Waals surface area contributed by atoms with E-state index in [1.54, 1.807) is 30.3 Å². The summed E-state index contributed by atoms with van der Waals surface area (Å²) >= 11 is 0. The van der Waals surface area contributed by atoms with Gasteiger partial charge in [0.2, 0.25) is 23.6 Å². The number of carbonyl (C=O) groups excluding carboxylic acids is 4. The minimum atomic E-state index is -1.63. The number of primary amides is 1. The molecule has 0 aliphatic carbocycles. The van der Waals surface area contributed by atoms with Gasteiger partial charge >= 0.3 is 5.97 Å². The fraction of sp³-hybridized carbons (Fsp3) is 0.450. The number of aliphatic carboxylic acids is 1. The third kappa shape index (κ3) is 9.10. The van der Waals surface area contributed by atoms with Crippen molar-refractivity contribution < 1.29 is 34.2 Å². The third-order valence-corrected chi connectivity index (χ3v) is 4.48. The summed E-state index contributed by atoms with van der Waals surface area (Å²) in [5.74, 6) is -4.50. The first-order chi connectivity index (χ1) is 15.0. The molecule has 4 unspecified atom stereocenters. The minimum absolute atomic E-state index is 0.0913. The minimum Gasteiger partial charge on any atom is -0.480 e. The van der Waals surface area contributed by atoms with Gasteiger partial charge in [0, 0.05) is 12.8 Å². The highest BCUT2D eigenvalue weighted by Crippen LogP contribution is 2.06. The average Bonchev–Trinajstić information content (AvgIpc) is 2.73. The van der Waals surface area contributed by atoms with Gasteiger partial charge in [-0.15, -0.1) is 0 Å². The molecule has 0 saturated heterocycles. The molecular formula is C20H29N5O7. The zero-order valence-corrected chi connectivity index (χ0v) is 17.6. The van der Waals surface area contributed by atoms with E-state index in [0.717, 1.165) is 5.56 Å². The Morgan fingerprint density at radius 2 is 1.56 bits per heavy atom. The van der Waals surface area contributed by atoms with E-state index < -0.39 is 53.8 Å². The molecule has 0 fully saturated rings. The van der Waals surface area contributed by atoms with E-state index in [9.17, 15) is 29.1 Å². The maximum Gasteiger partial charge on any atom is 0.328 e. The first-order valence-corrected chi connectivity index (χ1v) is 9.88. The molecule has 12 nitrogen and oxygen atoms in total. The topological polar surface area (TPSA) is 214 Å². The van der Waals surface area contributed by atoms with Gasteiger partial charge in [-0.1, -0.05) is 30.3 Å². The maximum atomic E-state index is 12.9. The van der Waals surface area contributed by atoms with E-state index >= 15 is 0 Å². The van der Waals surface area contributed by atoms with Crippen LogP contribution in [0, 0.1) is 0 Å². The van der Waals surface area contributed by atoms with Crippen LogP contribution >= 0.6 is 0 Å². The molecule has 0 aromatic heterocycles. The molecule has 9 N–H and O–H groups in total. The molecule has 12 heteroatoms. The summed E-state index contributed by atoms with van der Waals surface area (Å²) in [6.07, 6.45) is -1.82. The number of nitrogens with one attached hydrogen (secondary N) is 3. The largest absolute Gasteiger partial charge is 0.480 e. The number of amides is 4. The number of aliphatic hydroxyl groups is 1. The van der Waals surface area contributed by atoms with Gasteiger partial charge in [-0.05, 0) is 18.9 Å². The van der Waals surface area contributed by atoms with E-state index in [1.165, 1.54) is 6.92 Å². The van der Waals surface area contributed by atoms with Gasteiger partial charge in [0.05, 0.1) is 12.6 Å². The van der Waals surface area contributed by atoms with Crippen LogP contribution in [0.3, 0.4) is 0 Å². The molecule has 1 aromatic rings. The van der Waals surface area contributed by atoms with E-state index in [4.69, 9.17) is 16.6 Å². The number of carbonyl (C=O) groups is 5. The summed E-state index contributed by atoms with van der Waals surface area (Å²) < 4.78 is 0. The lowest BCUT2D eigenvalue weighted by molar-refractivity contribution is -0.145. The quantitative estimate of drug-likeness (QED) is 0.168. The number of hydrogen-bond acceptors (Lipinski definition) is 7. The molecule has 0 bridgehead atoms. The molecule has 0 spiro atoms. The lowest BCUT2D eigenvalue weighted by Crippen LogP contribution is -2.58. The smallest absolute Gasteiger partial charge is 0.328 e. The van der Waals surface area contributed by atoms with Gasteiger partial charge < -0.3 is 37.6 Å². The first kappa shape index (κ1) is 26.5. The molecule has 0 radical (unpaired) electrons. The van der Waals surface area contributed by atoms with Crippen LogP contribution in [0.4, 0.5) is 0 Å². The van der Waals surface area contributed by atoms with Gasteiger partial charge in [-0.2, -0.15) is 0 Å². The zero-order valence-electron chi connectivity index (χ0n) is 17.6. The number of carboxylic acids is 1. The fourth-order valence-corrected chi connectivity index (χ4v) is 2.78. The Labute approximate surface area is 184 Å². The Kier molecular flexibility index (Phi) is 10.8. The van der Waals surface area contributed by atoms with Crippen LogP contribution in [0.25, 0.3) is 0 Å². The maximum absolute atomic E-state index is 12.9. The number of nitrogens with two attached hydrogens (primary N) is 2. The summed E-state index contributed by atoms with van der Waals surface area (Å²) in [5, 5.41) is 25.7. The Balaban J connectivity index is 3.04. The molecule has 176 valence electrons. The molecule has 0 aliphatic heterocycles. The highest BCUT2D eigenvalue weighted by Gasteiger charge is 2.31. The summed E-state index contributed by atoms with van der Waals surface area (Å²) in [6.45, 7) is 0.813. The van der Waals surface area contributed by atoms with Crippen molar-refractivity contribution in [1.29, 1.82) is 0 Å². The van der Waals surface area contributed by atoms with Crippen LogP contribution in [0.2, 0.25) is 0 Å². The van der Waals surface area contributed by atoms with E-state index in [1.807, 2.05) is 0 Å². The van der Waals surface area contributed by atoms with E-state index in [0.29, 0.717) is 0 Å². The van der Waals surface area contributed by atoms with Gasteiger partial charge in [-0.3, -0.25) is 19.2 Å². The summed E-state index contributed by atoms with van der Waals surface area (Å²) in [6, 6.07) is 4.70. The fourth-order valence-electron chi connectivity index (χ4n) is 2.78. The Hall–Kier alpha value is -3.51. The lowest BCUT2D eigenvalue weighted by atomic mass is 10.0. The third-order valence-electron chi connectivity index (χ3n) is 4.48. The molecule has 0 saturated carbocycles. The molecule has 0 aliphatic rings. The zero-order chi connectivity index (χ0) is 24.3.